The molecule has 4 aliphatic rings. The lowest BCUT2D eigenvalue weighted by molar-refractivity contribution is -0.0419. The molecule has 0 aliphatic carbocycles. The van der Waals surface area contributed by atoms with Crippen molar-refractivity contribution in [2.24, 2.45) is 11.5 Å². The normalized spacial score (nSPS) is 38.5. The summed E-state index contributed by atoms with van der Waals surface area (Å²) in [4.78, 5) is 31.2. The van der Waals surface area contributed by atoms with E-state index < -0.39 is 11.6 Å². The first-order valence-corrected chi connectivity index (χ1v) is 6.59. The monoisotopic (exact) mass is 276 g/mol. The second kappa shape index (κ2) is 3.33. The maximum absolute atomic E-state index is 12.6. The highest BCUT2D eigenvalue weighted by molar-refractivity contribution is 5.88. The molecule has 0 aromatic heterocycles. The summed E-state index contributed by atoms with van der Waals surface area (Å²) in [5, 5.41) is 0. The number of nitrogens with two attached hydrogens (primary N) is 2. The van der Waals surface area contributed by atoms with Gasteiger partial charge in [-0.25, -0.2) is 9.59 Å². The second-order valence-corrected chi connectivity index (χ2v) is 5.40. The topological polar surface area (TPSA) is 99.1 Å². The number of hydrogen-bond donors (Lipinski definition) is 2. The van der Waals surface area contributed by atoms with Crippen LogP contribution in [0.2, 0.25) is 0 Å². The van der Waals surface area contributed by atoms with Crippen LogP contribution in [0.5, 0.6) is 0 Å². The molecule has 0 aromatic carbocycles. The van der Waals surface area contributed by atoms with Crippen molar-refractivity contribution in [3.63, 3.8) is 0 Å². The largest absolute Gasteiger partial charge is 0.326 e. The van der Waals surface area contributed by atoms with Crippen LogP contribution in [0.4, 0.5) is 9.59 Å². The Morgan fingerprint density at radius 2 is 0.950 bits per heavy atom. The smallest absolute Gasteiger partial charge is 0.286 e. The predicted molar refractivity (Wildman–Crippen MR) is 69.7 cm³/mol. The highest BCUT2D eigenvalue weighted by Gasteiger charge is 2.76. The molecule has 4 heterocycles. The number of carbonyl (C=O) groups is 2. The molecule has 2 saturated heterocycles. The van der Waals surface area contributed by atoms with Crippen molar-refractivity contribution in [2.45, 2.75) is 11.6 Å². The Hall–Kier alpha value is -2.06. The maximum Gasteiger partial charge on any atom is 0.326 e. The van der Waals surface area contributed by atoms with Crippen molar-refractivity contribution in [3.8, 4) is 0 Å². The molecular formula is C12H16N6O2. The van der Waals surface area contributed by atoms with E-state index in [1.807, 2.05) is 24.3 Å². The first kappa shape index (κ1) is 11.7. The number of hydrogen-bond acceptors (Lipinski definition) is 4. The van der Waals surface area contributed by atoms with Gasteiger partial charge in [-0.1, -0.05) is 24.3 Å². The molecular weight excluding hydrogens is 260 g/mol. The van der Waals surface area contributed by atoms with E-state index in [2.05, 4.69) is 0 Å². The molecule has 8 nitrogen and oxygen atoms in total. The van der Waals surface area contributed by atoms with E-state index in [0.717, 1.165) is 0 Å². The van der Waals surface area contributed by atoms with Crippen molar-refractivity contribution >= 4 is 12.1 Å². The van der Waals surface area contributed by atoms with Crippen molar-refractivity contribution < 1.29 is 9.59 Å². The van der Waals surface area contributed by atoms with Gasteiger partial charge >= 0.3 is 12.1 Å². The van der Waals surface area contributed by atoms with E-state index in [1.54, 1.807) is 0 Å². The van der Waals surface area contributed by atoms with Gasteiger partial charge in [-0.3, -0.25) is 31.1 Å². The molecule has 0 saturated carbocycles. The lowest BCUT2D eigenvalue weighted by Crippen LogP contribution is -2.77. The Labute approximate surface area is 115 Å². The van der Waals surface area contributed by atoms with Gasteiger partial charge in [-0.2, -0.15) is 0 Å². The summed E-state index contributed by atoms with van der Waals surface area (Å²) in [6.45, 7) is 1.41. The summed E-state index contributed by atoms with van der Waals surface area (Å²) >= 11 is 0. The van der Waals surface area contributed by atoms with Crippen molar-refractivity contribution in [1.29, 1.82) is 0 Å². The molecule has 8 heteroatoms. The average Bonchev–Trinajstić information content (AvgIpc) is 2.67. The minimum Gasteiger partial charge on any atom is -0.286 e. The summed E-state index contributed by atoms with van der Waals surface area (Å²) in [6, 6.07) is -0.480. The van der Waals surface area contributed by atoms with Crippen LogP contribution in [0.1, 0.15) is 0 Å². The first-order valence-electron chi connectivity index (χ1n) is 6.59. The molecule has 106 valence electrons. The summed E-state index contributed by atoms with van der Waals surface area (Å²) in [5.74, 6) is -2.67. The van der Waals surface area contributed by atoms with Gasteiger partial charge in [0.25, 0.3) is 0 Å². The number of carbonyl (C=O) groups excluding carboxylic acids is 2. The van der Waals surface area contributed by atoms with Crippen LogP contribution in [0.15, 0.2) is 24.3 Å². The van der Waals surface area contributed by atoms with Gasteiger partial charge in [-0.15, -0.1) is 0 Å². The van der Waals surface area contributed by atoms with Gasteiger partial charge in [0.15, 0.2) is 0 Å². The van der Waals surface area contributed by atoms with E-state index in [0.29, 0.717) is 26.2 Å². The molecule has 0 atom stereocenters. The van der Waals surface area contributed by atoms with E-state index in [-0.39, 0.29) is 12.1 Å². The first-order chi connectivity index (χ1) is 9.53. The van der Waals surface area contributed by atoms with Crippen molar-refractivity contribution in [2.75, 3.05) is 26.2 Å². The quantitative estimate of drug-likeness (QED) is 0.544. The fourth-order valence-corrected chi connectivity index (χ4v) is 3.55. The van der Waals surface area contributed by atoms with Gasteiger partial charge in [0.2, 0.25) is 11.6 Å². The summed E-state index contributed by atoms with van der Waals surface area (Å²) in [5.41, 5.74) is 13.0. The average molecular weight is 276 g/mol. The maximum atomic E-state index is 12.6. The molecule has 4 aliphatic heterocycles. The van der Waals surface area contributed by atoms with Crippen molar-refractivity contribution in [1.82, 2.24) is 19.6 Å². The van der Waals surface area contributed by atoms with Crippen molar-refractivity contribution in [3.05, 3.63) is 24.3 Å². The Bertz CT molecular complexity index is 484. The zero-order chi connectivity index (χ0) is 14.1. The standard InChI is InChI=1S/C12H16N6O2/c13-11-12(14)17-7-3-4-8-18(12)10(20)16(11)6-2-1-5-15(11)9(17)19/h1-4H,5-8,13-14H2. The second-order valence-electron chi connectivity index (χ2n) is 5.40. The number of nitrogens with zero attached hydrogens (tertiary/aromatic N) is 4. The van der Waals surface area contributed by atoms with Crippen LogP contribution in [-0.2, 0) is 0 Å². The predicted octanol–water partition coefficient (Wildman–Crippen LogP) is -1.17. The highest BCUT2D eigenvalue weighted by Crippen LogP contribution is 2.46. The molecule has 0 bridgehead atoms. The summed E-state index contributed by atoms with van der Waals surface area (Å²) < 4.78 is 0. The van der Waals surface area contributed by atoms with Crippen LogP contribution < -0.4 is 11.5 Å². The summed E-state index contributed by atoms with van der Waals surface area (Å²) in [7, 11) is 0. The fourth-order valence-electron chi connectivity index (χ4n) is 3.55. The van der Waals surface area contributed by atoms with Gasteiger partial charge in [-0.05, 0) is 0 Å². The molecule has 0 aromatic rings. The Kier molecular flexibility index (Phi) is 1.96. The van der Waals surface area contributed by atoms with E-state index >= 15 is 0 Å². The third kappa shape index (κ3) is 0.958. The van der Waals surface area contributed by atoms with Crippen LogP contribution in [-0.4, -0.2) is 69.4 Å². The van der Waals surface area contributed by atoms with Crippen LogP contribution in [0, 0.1) is 0 Å². The third-order valence-corrected chi connectivity index (χ3v) is 4.60. The fraction of sp³-hybridized carbons (Fsp3) is 0.500. The lowest BCUT2D eigenvalue weighted by Gasteiger charge is -2.42. The highest BCUT2D eigenvalue weighted by atomic mass is 16.2. The number of urea groups is 2. The molecule has 0 radical (unpaired) electrons. The lowest BCUT2D eigenvalue weighted by atomic mass is 10.1. The van der Waals surface area contributed by atoms with Crippen LogP contribution in [0.25, 0.3) is 0 Å². The Morgan fingerprint density at radius 1 is 0.700 bits per heavy atom. The Balaban J connectivity index is 1.98. The van der Waals surface area contributed by atoms with Gasteiger partial charge < -0.3 is 0 Å². The minimum absolute atomic E-state index is 0.240. The molecule has 4 amide bonds. The minimum atomic E-state index is -1.34. The molecule has 20 heavy (non-hydrogen) atoms. The van der Waals surface area contributed by atoms with Crippen LogP contribution in [0.3, 0.4) is 0 Å². The molecule has 2 fully saturated rings. The number of amides is 4. The zero-order valence-electron chi connectivity index (χ0n) is 10.9. The molecule has 4 rings (SSSR count). The SMILES string of the molecule is NC12N3CC=CCN1C(=O)N1CC=CCN(C3=O)C12N. The van der Waals surface area contributed by atoms with E-state index in [4.69, 9.17) is 11.5 Å². The van der Waals surface area contributed by atoms with Gasteiger partial charge in [0, 0.05) is 26.2 Å². The van der Waals surface area contributed by atoms with E-state index in [9.17, 15) is 9.59 Å². The van der Waals surface area contributed by atoms with Gasteiger partial charge in [0.05, 0.1) is 0 Å². The molecule has 4 N–H and O–H groups in total. The molecule has 0 spiro atoms. The third-order valence-electron chi connectivity index (χ3n) is 4.60. The van der Waals surface area contributed by atoms with E-state index in [1.165, 1.54) is 19.6 Å². The number of rotatable bonds is 0. The zero-order valence-corrected chi connectivity index (χ0v) is 10.9. The van der Waals surface area contributed by atoms with Gasteiger partial charge in [0.1, 0.15) is 0 Å². The Morgan fingerprint density at radius 3 is 1.20 bits per heavy atom. The van der Waals surface area contributed by atoms with Crippen LogP contribution >= 0.6 is 0 Å². The summed E-state index contributed by atoms with van der Waals surface area (Å²) in [6.07, 6.45) is 7.36. The molecule has 0 unspecified atom stereocenters.